The molecule has 1 aromatic heterocycles. The molecule has 1 amide bonds. The maximum atomic E-state index is 12.6. The predicted molar refractivity (Wildman–Crippen MR) is 86.9 cm³/mol. The zero-order chi connectivity index (χ0) is 15.1. The van der Waals surface area contributed by atoms with Crippen LogP contribution in [0.2, 0.25) is 0 Å². The molecule has 0 bridgehead atoms. The van der Waals surface area contributed by atoms with Crippen molar-refractivity contribution in [2.45, 2.75) is 0 Å². The van der Waals surface area contributed by atoms with Crippen LogP contribution in [0, 0.1) is 0 Å². The summed E-state index contributed by atoms with van der Waals surface area (Å²) in [6, 6.07) is 8.86. The molecular formula is C15H9NO4S2. The Morgan fingerprint density at radius 1 is 1.23 bits per heavy atom. The van der Waals surface area contributed by atoms with Gasteiger partial charge in [0.05, 0.1) is 16.9 Å². The minimum Gasteiger partial charge on any atom is -0.465 e. The van der Waals surface area contributed by atoms with Crippen LogP contribution in [0.4, 0.5) is 5.69 Å². The van der Waals surface area contributed by atoms with Gasteiger partial charge < -0.3 is 13.9 Å². The van der Waals surface area contributed by atoms with Gasteiger partial charge in [-0.3, -0.25) is 9.69 Å². The molecule has 110 valence electrons. The molecule has 3 heterocycles. The number of carbonyl (C=O) groups is 1. The summed E-state index contributed by atoms with van der Waals surface area (Å²) >= 11 is 6.57. The number of ether oxygens (including phenoxy) is 2. The predicted octanol–water partition coefficient (Wildman–Crippen LogP) is 3.41. The fourth-order valence-corrected chi connectivity index (χ4v) is 3.50. The SMILES string of the molecule is O=C1/C(=C\c2ccco2)SC(=S)N1c1ccc2c(c1)OCO2. The smallest absolute Gasteiger partial charge is 0.270 e. The number of amides is 1. The van der Waals surface area contributed by atoms with Crippen LogP contribution in [-0.2, 0) is 4.79 Å². The number of hydrogen-bond donors (Lipinski definition) is 0. The highest BCUT2D eigenvalue weighted by molar-refractivity contribution is 8.27. The number of thiocarbonyl (C=S) groups is 1. The van der Waals surface area contributed by atoms with Crippen molar-refractivity contribution >= 4 is 46.0 Å². The van der Waals surface area contributed by atoms with Crippen molar-refractivity contribution in [1.29, 1.82) is 0 Å². The van der Waals surface area contributed by atoms with Crippen LogP contribution in [0.25, 0.3) is 6.08 Å². The van der Waals surface area contributed by atoms with Gasteiger partial charge in [-0.2, -0.15) is 0 Å². The number of rotatable bonds is 2. The first-order valence-corrected chi connectivity index (χ1v) is 7.66. The Morgan fingerprint density at radius 2 is 2.09 bits per heavy atom. The van der Waals surface area contributed by atoms with Crippen LogP contribution in [0.3, 0.4) is 0 Å². The second kappa shape index (κ2) is 5.19. The summed E-state index contributed by atoms with van der Waals surface area (Å²) in [5.41, 5.74) is 0.662. The lowest BCUT2D eigenvalue weighted by atomic mass is 10.2. The van der Waals surface area contributed by atoms with Gasteiger partial charge in [0, 0.05) is 12.1 Å². The van der Waals surface area contributed by atoms with Gasteiger partial charge in [-0.05, 0) is 24.3 Å². The van der Waals surface area contributed by atoms with E-state index >= 15 is 0 Å². The second-order valence-electron chi connectivity index (χ2n) is 4.57. The second-order valence-corrected chi connectivity index (χ2v) is 6.25. The first-order valence-electron chi connectivity index (χ1n) is 6.43. The largest absolute Gasteiger partial charge is 0.465 e. The quantitative estimate of drug-likeness (QED) is 0.621. The van der Waals surface area contributed by atoms with Gasteiger partial charge in [-0.15, -0.1) is 0 Å². The van der Waals surface area contributed by atoms with Gasteiger partial charge in [0.1, 0.15) is 5.76 Å². The molecule has 0 aliphatic carbocycles. The van der Waals surface area contributed by atoms with E-state index in [2.05, 4.69) is 0 Å². The lowest BCUT2D eigenvalue weighted by Gasteiger charge is -2.14. The van der Waals surface area contributed by atoms with Crippen molar-refractivity contribution in [1.82, 2.24) is 0 Å². The van der Waals surface area contributed by atoms with Crippen molar-refractivity contribution in [3.63, 3.8) is 0 Å². The van der Waals surface area contributed by atoms with E-state index in [-0.39, 0.29) is 12.7 Å². The molecule has 4 rings (SSSR count). The molecule has 7 heteroatoms. The van der Waals surface area contributed by atoms with Crippen LogP contribution in [0.15, 0.2) is 45.9 Å². The average molecular weight is 331 g/mol. The van der Waals surface area contributed by atoms with Crippen molar-refractivity contribution in [2.75, 3.05) is 11.7 Å². The van der Waals surface area contributed by atoms with Crippen molar-refractivity contribution in [3.05, 3.63) is 47.3 Å². The van der Waals surface area contributed by atoms with Crippen LogP contribution < -0.4 is 14.4 Å². The number of thioether (sulfide) groups is 1. The van der Waals surface area contributed by atoms with E-state index in [9.17, 15) is 4.79 Å². The Labute approximate surface area is 135 Å². The van der Waals surface area contributed by atoms with Gasteiger partial charge in [-0.1, -0.05) is 24.0 Å². The molecule has 5 nitrogen and oxygen atoms in total. The topological polar surface area (TPSA) is 51.9 Å². The molecule has 1 fully saturated rings. The van der Waals surface area contributed by atoms with Gasteiger partial charge in [0.15, 0.2) is 15.8 Å². The van der Waals surface area contributed by atoms with Gasteiger partial charge in [0.2, 0.25) is 6.79 Å². The zero-order valence-corrected chi connectivity index (χ0v) is 12.8. The number of furan rings is 1. The highest BCUT2D eigenvalue weighted by atomic mass is 32.2. The summed E-state index contributed by atoms with van der Waals surface area (Å²) < 4.78 is 16.3. The first-order chi connectivity index (χ1) is 10.7. The van der Waals surface area contributed by atoms with Crippen LogP contribution in [0.5, 0.6) is 11.5 Å². The van der Waals surface area contributed by atoms with Crippen molar-refractivity contribution in [3.8, 4) is 11.5 Å². The van der Waals surface area contributed by atoms with E-state index < -0.39 is 0 Å². The maximum absolute atomic E-state index is 12.6. The first kappa shape index (κ1) is 13.4. The third kappa shape index (κ3) is 2.18. The highest BCUT2D eigenvalue weighted by Gasteiger charge is 2.34. The van der Waals surface area contributed by atoms with E-state index in [0.717, 1.165) is 0 Å². The van der Waals surface area contributed by atoms with Crippen molar-refractivity contribution < 1.29 is 18.7 Å². The van der Waals surface area contributed by atoms with Gasteiger partial charge in [0.25, 0.3) is 5.91 Å². The molecule has 2 aliphatic heterocycles. The summed E-state index contributed by atoms with van der Waals surface area (Å²) in [7, 11) is 0. The molecular weight excluding hydrogens is 322 g/mol. The van der Waals surface area contributed by atoms with E-state index in [1.54, 1.807) is 42.7 Å². The third-order valence-electron chi connectivity index (χ3n) is 3.22. The van der Waals surface area contributed by atoms with E-state index in [1.165, 1.54) is 16.7 Å². The molecule has 1 saturated heterocycles. The molecule has 1 aromatic carbocycles. The molecule has 22 heavy (non-hydrogen) atoms. The standard InChI is InChI=1S/C15H9NO4S2/c17-14-13(7-10-2-1-5-18-10)22-15(21)16(14)9-3-4-11-12(6-9)20-8-19-11/h1-7H,8H2/b13-7+. The van der Waals surface area contributed by atoms with Crippen molar-refractivity contribution in [2.24, 2.45) is 0 Å². The molecule has 0 atom stereocenters. The summed E-state index contributed by atoms with van der Waals surface area (Å²) in [5.74, 6) is 1.72. The summed E-state index contributed by atoms with van der Waals surface area (Å²) in [6.07, 6.45) is 3.25. The van der Waals surface area contributed by atoms with E-state index in [4.69, 9.17) is 26.1 Å². The lowest BCUT2D eigenvalue weighted by Crippen LogP contribution is -2.27. The van der Waals surface area contributed by atoms with Crippen LogP contribution >= 0.6 is 24.0 Å². The van der Waals surface area contributed by atoms with Crippen LogP contribution in [0.1, 0.15) is 5.76 Å². The normalized spacial score (nSPS) is 18.5. The number of fused-ring (bicyclic) bond motifs is 1. The summed E-state index contributed by atoms with van der Waals surface area (Å²) in [5, 5.41) is 0. The molecule has 0 unspecified atom stereocenters. The fourth-order valence-electron chi connectivity index (χ4n) is 2.22. The van der Waals surface area contributed by atoms with Gasteiger partial charge in [-0.25, -0.2) is 0 Å². The molecule has 0 radical (unpaired) electrons. The van der Waals surface area contributed by atoms with Crippen LogP contribution in [-0.4, -0.2) is 17.0 Å². The number of nitrogens with zero attached hydrogens (tertiary/aromatic N) is 1. The van der Waals surface area contributed by atoms with E-state index in [1.807, 2.05) is 0 Å². The zero-order valence-electron chi connectivity index (χ0n) is 11.1. The minimum atomic E-state index is -0.176. The highest BCUT2D eigenvalue weighted by Crippen LogP contribution is 2.40. The van der Waals surface area contributed by atoms with Gasteiger partial charge >= 0.3 is 0 Å². The Balaban J connectivity index is 1.68. The molecule has 0 N–H and O–H groups in total. The Morgan fingerprint density at radius 3 is 2.91 bits per heavy atom. The minimum absolute atomic E-state index is 0.176. The fraction of sp³-hybridized carbons (Fsp3) is 0.0667. The third-order valence-corrected chi connectivity index (χ3v) is 4.53. The number of hydrogen-bond acceptors (Lipinski definition) is 6. The molecule has 0 saturated carbocycles. The maximum Gasteiger partial charge on any atom is 0.270 e. The Bertz CT molecular complexity index is 798. The summed E-state index contributed by atoms with van der Waals surface area (Å²) in [6.45, 7) is 0.190. The molecule has 2 aromatic rings. The molecule has 0 spiro atoms. The number of carbonyl (C=O) groups excluding carboxylic acids is 1. The average Bonchev–Trinajstić information content (AvgIpc) is 3.21. The lowest BCUT2D eigenvalue weighted by molar-refractivity contribution is -0.113. The number of anilines is 1. The monoisotopic (exact) mass is 331 g/mol. The summed E-state index contributed by atoms with van der Waals surface area (Å²) in [4.78, 5) is 14.6. The Hall–Kier alpha value is -2.25. The number of benzene rings is 1. The Kier molecular flexibility index (Phi) is 3.16. The molecule has 2 aliphatic rings. The van der Waals surface area contributed by atoms with E-state index in [0.29, 0.717) is 32.2 Å².